The smallest absolute Gasteiger partial charge is 0.209 e. The fourth-order valence-electron chi connectivity index (χ4n) is 2.79. The normalized spacial score (nSPS) is 17.2. The third-order valence-electron chi connectivity index (χ3n) is 3.77. The summed E-state index contributed by atoms with van der Waals surface area (Å²) in [5.74, 6) is 0.156. The maximum absolute atomic E-state index is 12.4. The number of hydrogen-bond donors (Lipinski definition) is 0. The summed E-state index contributed by atoms with van der Waals surface area (Å²) < 4.78 is 1.99. The van der Waals surface area contributed by atoms with Gasteiger partial charge < -0.3 is 4.57 Å². The van der Waals surface area contributed by atoms with E-state index in [4.69, 9.17) is 0 Å². The summed E-state index contributed by atoms with van der Waals surface area (Å²) in [6, 6.07) is 13.0. The molecule has 1 aromatic carbocycles. The highest BCUT2D eigenvalue weighted by Crippen LogP contribution is 2.31. The molecule has 0 fully saturated rings. The van der Waals surface area contributed by atoms with E-state index in [2.05, 4.69) is 0 Å². The van der Waals surface area contributed by atoms with Crippen molar-refractivity contribution in [2.24, 2.45) is 0 Å². The number of Topliss-reactive ketones (excluding diaryl/α,β-unsaturated/α-hetero) is 1. The van der Waals surface area contributed by atoms with E-state index in [-0.39, 0.29) is 17.5 Å². The van der Waals surface area contributed by atoms with Crippen LogP contribution < -0.4 is 0 Å². The van der Waals surface area contributed by atoms with Gasteiger partial charge in [-0.05, 0) is 25.5 Å². The second kappa shape index (κ2) is 4.50. The zero-order valence-electron chi connectivity index (χ0n) is 10.8. The zero-order chi connectivity index (χ0) is 13.4. The Balaban J connectivity index is 1.99. The number of benzene rings is 1. The molecule has 2 aromatic rings. The zero-order valence-corrected chi connectivity index (χ0v) is 10.8. The highest BCUT2D eigenvalue weighted by Gasteiger charge is 2.29. The van der Waals surface area contributed by atoms with Crippen molar-refractivity contribution in [1.29, 1.82) is 0 Å². The van der Waals surface area contributed by atoms with Crippen LogP contribution in [0.3, 0.4) is 0 Å². The molecule has 0 unspecified atom stereocenters. The molecule has 3 nitrogen and oxygen atoms in total. The Kier molecular flexibility index (Phi) is 2.82. The fraction of sp³-hybridized carbons (Fsp3) is 0.250. The van der Waals surface area contributed by atoms with Crippen LogP contribution in [-0.2, 0) is 11.3 Å². The van der Waals surface area contributed by atoms with Gasteiger partial charge in [-0.15, -0.1) is 0 Å². The number of nitrogens with zero attached hydrogens (tertiary/aromatic N) is 1. The van der Waals surface area contributed by atoms with E-state index in [0.717, 1.165) is 18.7 Å². The summed E-state index contributed by atoms with van der Waals surface area (Å²) in [4.78, 5) is 24.0. The molecule has 1 aliphatic heterocycles. The second-order valence-corrected chi connectivity index (χ2v) is 4.94. The number of carbonyl (C=O) groups is 2. The molecule has 1 atom stereocenters. The first-order valence-corrected chi connectivity index (χ1v) is 6.48. The van der Waals surface area contributed by atoms with E-state index in [1.165, 1.54) is 0 Å². The largest absolute Gasteiger partial charge is 0.341 e. The predicted molar refractivity (Wildman–Crippen MR) is 72.3 cm³/mol. The van der Waals surface area contributed by atoms with Gasteiger partial charge in [-0.3, -0.25) is 9.59 Å². The monoisotopic (exact) mass is 253 g/mol. The van der Waals surface area contributed by atoms with E-state index < -0.39 is 0 Å². The molecule has 1 aromatic heterocycles. The second-order valence-electron chi connectivity index (χ2n) is 4.94. The van der Waals surface area contributed by atoms with Crippen molar-refractivity contribution in [1.82, 2.24) is 4.57 Å². The molecule has 1 aliphatic rings. The molecular formula is C16H15NO2. The molecule has 3 rings (SSSR count). The van der Waals surface area contributed by atoms with Gasteiger partial charge in [0.2, 0.25) is 5.78 Å². The molecule has 0 aliphatic carbocycles. The van der Waals surface area contributed by atoms with Crippen LogP contribution in [0, 0.1) is 0 Å². The van der Waals surface area contributed by atoms with Gasteiger partial charge in [0.05, 0.1) is 11.6 Å². The van der Waals surface area contributed by atoms with Crippen molar-refractivity contribution in [3.05, 3.63) is 59.4 Å². The van der Waals surface area contributed by atoms with Gasteiger partial charge in [0, 0.05) is 17.8 Å². The molecule has 0 spiro atoms. The summed E-state index contributed by atoms with van der Waals surface area (Å²) in [5.41, 5.74) is 2.35. The molecule has 0 amide bonds. The maximum Gasteiger partial charge on any atom is 0.209 e. The molecule has 96 valence electrons. The van der Waals surface area contributed by atoms with Crippen LogP contribution in [0.4, 0.5) is 0 Å². The summed E-state index contributed by atoms with van der Waals surface area (Å²) >= 11 is 0. The number of hydrogen-bond acceptors (Lipinski definition) is 2. The number of carbonyl (C=O) groups excluding carboxylic acids is 2. The highest BCUT2D eigenvalue weighted by molar-refractivity contribution is 6.08. The van der Waals surface area contributed by atoms with Gasteiger partial charge in [-0.2, -0.15) is 0 Å². The first-order chi connectivity index (χ1) is 9.18. The molecular weight excluding hydrogens is 238 g/mol. The van der Waals surface area contributed by atoms with E-state index in [1.807, 2.05) is 47.0 Å². The fourth-order valence-corrected chi connectivity index (χ4v) is 2.79. The number of ketones is 2. The Bertz CT molecular complexity index is 640. The molecule has 0 radical (unpaired) electrons. The standard InChI is InChI=1S/C16H15NO2/c1-11(18)13-9-10-17-14(13)7-8-15(17)16(19)12-5-3-2-4-6-12/h2-8,13H,9-10H2,1H3/t13-/m0/s1. The minimum atomic E-state index is -0.0441. The number of aromatic nitrogens is 1. The Hall–Kier alpha value is -2.16. The van der Waals surface area contributed by atoms with Crippen molar-refractivity contribution in [3.63, 3.8) is 0 Å². The van der Waals surface area contributed by atoms with Crippen molar-refractivity contribution in [2.45, 2.75) is 25.8 Å². The summed E-state index contributed by atoms with van der Waals surface area (Å²) in [5, 5.41) is 0. The van der Waals surface area contributed by atoms with Crippen LogP contribution in [0.15, 0.2) is 42.5 Å². The molecule has 19 heavy (non-hydrogen) atoms. The third kappa shape index (κ3) is 1.91. The first-order valence-electron chi connectivity index (χ1n) is 6.48. The van der Waals surface area contributed by atoms with Gasteiger partial charge in [0.15, 0.2) is 0 Å². The summed E-state index contributed by atoms with van der Waals surface area (Å²) in [7, 11) is 0. The van der Waals surface area contributed by atoms with Gasteiger partial charge in [-0.25, -0.2) is 0 Å². The lowest BCUT2D eigenvalue weighted by Crippen LogP contribution is -2.09. The topological polar surface area (TPSA) is 39.1 Å². The third-order valence-corrected chi connectivity index (χ3v) is 3.77. The predicted octanol–water partition coefficient (Wildman–Crippen LogP) is 2.80. The van der Waals surface area contributed by atoms with Crippen molar-refractivity contribution in [2.75, 3.05) is 0 Å². The Morgan fingerprint density at radius 2 is 1.84 bits per heavy atom. The number of rotatable bonds is 3. The van der Waals surface area contributed by atoms with Crippen molar-refractivity contribution >= 4 is 11.6 Å². The lowest BCUT2D eigenvalue weighted by atomic mass is 10.0. The lowest BCUT2D eigenvalue weighted by Gasteiger charge is -2.05. The van der Waals surface area contributed by atoms with Gasteiger partial charge in [0.1, 0.15) is 5.78 Å². The average molecular weight is 253 g/mol. The van der Waals surface area contributed by atoms with E-state index >= 15 is 0 Å². The van der Waals surface area contributed by atoms with Crippen LogP contribution in [0.1, 0.15) is 41.0 Å². The lowest BCUT2D eigenvalue weighted by molar-refractivity contribution is -0.118. The minimum absolute atomic E-state index is 0.0241. The van der Waals surface area contributed by atoms with E-state index in [0.29, 0.717) is 11.3 Å². The van der Waals surface area contributed by atoms with Crippen LogP contribution in [0.2, 0.25) is 0 Å². The number of fused-ring (bicyclic) bond motifs is 1. The van der Waals surface area contributed by atoms with Crippen LogP contribution in [0.5, 0.6) is 0 Å². The Morgan fingerprint density at radius 1 is 1.11 bits per heavy atom. The highest BCUT2D eigenvalue weighted by atomic mass is 16.1. The average Bonchev–Trinajstić information content (AvgIpc) is 2.99. The quantitative estimate of drug-likeness (QED) is 0.789. The van der Waals surface area contributed by atoms with Crippen LogP contribution in [0.25, 0.3) is 0 Å². The van der Waals surface area contributed by atoms with Gasteiger partial charge >= 0.3 is 0 Å². The van der Waals surface area contributed by atoms with Crippen LogP contribution in [-0.4, -0.2) is 16.1 Å². The molecule has 3 heteroatoms. The van der Waals surface area contributed by atoms with Crippen molar-refractivity contribution in [3.8, 4) is 0 Å². The molecule has 0 saturated carbocycles. The van der Waals surface area contributed by atoms with Gasteiger partial charge in [-0.1, -0.05) is 30.3 Å². The Labute approximate surface area is 111 Å². The van der Waals surface area contributed by atoms with E-state index in [1.54, 1.807) is 6.92 Å². The molecule has 0 bridgehead atoms. The van der Waals surface area contributed by atoms with Gasteiger partial charge in [0.25, 0.3) is 0 Å². The summed E-state index contributed by atoms with van der Waals surface area (Å²) in [6.45, 7) is 2.37. The Morgan fingerprint density at radius 3 is 2.53 bits per heavy atom. The molecule has 0 N–H and O–H groups in total. The SMILES string of the molecule is CC(=O)[C@@H]1CCn2c(C(=O)c3ccccc3)ccc21. The van der Waals surface area contributed by atoms with E-state index in [9.17, 15) is 9.59 Å². The molecule has 2 heterocycles. The maximum atomic E-state index is 12.4. The minimum Gasteiger partial charge on any atom is -0.341 e. The van der Waals surface area contributed by atoms with Crippen LogP contribution >= 0.6 is 0 Å². The first kappa shape index (κ1) is 11.9. The summed E-state index contributed by atoms with van der Waals surface area (Å²) in [6.07, 6.45) is 0.806. The molecule has 0 saturated heterocycles. The van der Waals surface area contributed by atoms with Crippen molar-refractivity contribution < 1.29 is 9.59 Å².